The van der Waals surface area contributed by atoms with Gasteiger partial charge < -0.3 is 20.4 Å². The second-order valence-electron chi connectivity index (χ2n) is 8.02. The van der Waals surface area contributed by atoms with Crippen molar-refractivity contribution in [3.63, 3.8) is 0 Å². The maximum absolute atomic E-state index is 12.8. The van der Waals surface area contributed by atoms with Gasteiger partial charge in [0.05, 0.1) is 21.5 Å². The third-order valence-electron chi connectivity index (χ3n) is 5.42. The largest absolute Gasteiger partial charge is 0.353 e. The molecule has 0 aliphatic carbocycles. The van der Waals surface area contributed by atoms with Crippen molar-refractivity contribution < 1.29 is 9.59 Å². The lowest BCUT2D eigenvalue weighted by Crippen LogP contribution is -2.55. The van der Waals surface area contributed by atoms with Crippen LogP contribution in [0.15, 0.2) is 29.4 Å². The van der Waals surface area contributed by atoms with Crippen LogP contribution in [0.3, 0.4) is 0 Å². The molecule has 0 saturated carbocycles. The minimum absolute atomic E-state index is 0.0717. The molecule has 1 aliphatic heterocycles. The summed E-state index contributed by atoms with van der Waals surface area (Å²) in [7, 11) is 0. The van der Waals surface area contributed by atoms with Gasteiger partial charge in [-0.25, -0.2) is 14.8 Å². The Kier molecular flexibility index (Phi) is 9.53. The molecule has 3 rings (SSSR count). The number of rotatable bonds is 7. The number of nitrogens with one attached hydrogen (secondary N) is 2. The summed E-state index contributed by atoms with van der Waals surface area (Å²) < 4.78 is 0. The molecule has 2 atom stereocenters. The summed E-state index contributed by atoms with van der Waals surface area (Å²) in [6.07, 6.45) is 0.864. The maximum atomic E-state index is 12.8. The zero-order chi connectivity index (χ0) is 24.8. The Morgan fingerprint density at radius 1 is 1.24 bits per heavy atom. The molecule has 2 aromatic rings. The summed E-state index contributed by atoms with van der Waals surface area (Å²) in [6, 6.07) is 6.57. The number of anilines is 2. The van der Waals surface area contributed by atoms with Crippen LogP contribution >= 0.6 is 46.6 Å². The highest BCUT2D eigenvalue weighted by Crippen LogP contribution is 2.30. The highest BCUT2D eigenvalue weighted by Gasteiger charge is 2.29. The Labute approximate surface area is 218 Å². The number of hydrogen-bond acceptors (Lipinski definition) is 6. The number of halogens is 3. The van der Waals surface area contributed by atoms with E-state index >= 15 is 0 Å². The third-order valence-corrected chi connectivity index (χ3v) is 7.28. The molecule has 12 heteroatoms. The number of carbonyl (C=O) groups is 2. The molecule has 1 saturated heterocycles. The van der Waals surface area contributed by atoms with Crippen molar-refractivity contribution in [2.75, 3.05) is 35.6 Å². The van der Waals surface area contributed by atoms with Gasteiger partial charge in [0.1, 0.15) is 11.0 Å². The first kappa shape index (κ1) is 26.7. The highest BCUT2D eigenvalue weighted by molar-refractivity contribution is 7.99. The lowest BCUT2D eigenvalue weighted by Gasteiger charge is -2.40. The fraction of sp³-hybridized carbons (Fsp3) is 0.455. The van der Waals surface area contributed by atoms with E-state index in [-0.39, 0.29) is 29.8 Å². The number of piperazine rings is 1. The van der Waals surface area contributed by atoms with Gasteiger partial charge in [-0.05, 0) is 32.4 Å². The topological polar surface area (TPSA) is 90.5 Å². The molecular formula is C22H27Cl3N6O2S. The fourth-order valence-electron chi connectivity index (χ4n) is 3.42. The predicted octanol–water partition coefficient (Wildman–Crippen LogP) is 5.19. The number of carbonyl (C=O) groups excluding carboxylic acids is 2. The van der Waals surface area contributed by atoms with Gasteiger partial charge in [-0.1, -0.05) is 59.6 Å². The number of aromatic nitrogens is 2. The van der Waals surface area contributed by atoms with Gasteiger partial charge in [0.25, 0.3) is 0 Å². The molecule has 1 fully saturated rings. The van der Waals surface area contributed by atoms with Gasteiger partial charge in [0.2, 0.25) is 5.91 Å². The van der Waals surface area contributed by atoms with Crippen molar-refractivity contribution in [1.82, 2.24) is 20.2 Å². The monoisotopic (exact) mass is 544 g/mol. The molecular weight excluding hydrogens is 519 g/mol. The number of amides is 3. The SMILES string of the molecule is CCC(C)NC(=O)CSc1nc(Cl)cc(N2CCN(C(=O)Nc3cccc(Cl)c3Cl)C(C)C2)n1. The van der Waals surface area contributed by atoms with Crippen molar-refractivity contribution in [3.05, 3.63) is 39.5 Å². The molecule has 0 spiro atoms. The molecule has 0 bridgehead atoms. The van der Waals surface area contributed by atoms with Crippen LogP contribution in [-0.4, -0.2) is 64.3 Å². The van der Waals surface area contributed by atoms with Crippen LogP contribution in [0.2, 0.25) is 15.2 Å². The number of urea groups is 1. The molecule has 3 amide bonds. The highest BCUT2D eigenvalue weighted by atomic mass is 35.5. The lowest BCUT2D eigenvalue weighted by atomic mass is 10.2. The van der Waals surface area contributed by atoms with E-state index < -0.39 is 0 Å². The molecule has 1 aliphatic rings. The van der Waals surface area contributed by atoms with Crippen LogP contribution in [-0.2, 0) is 4.79 Å². The third kappa shape index (κ3) is 7.04. The molecule has 0 radical (unpaired) electrons. The first-order valence-corrected chi connectivity index (χ1v) is 13.0. The van der Waals surface area contributed by atoms with Crippen molar-refractivity contribution in [3.8, 4) is 0 Å². The quantitative estimate of drug-likeness (QED) is 0.283. The molecule has 184 valence electrons. The molecule has 2 unspecified atom stereocenters. The van der Waals surface area contributed by atoms with Gasteiger partial charge in [0, 0.05) is 37.8 Å². The standard InChI is InChI=1S/C22H27Cl3N6O2S/c1-4-13(2)26-19(32)12-34-21-28-17(24)10-18(29-21)30-8-9-31(14(3)11-30)22(33)27-16-7-5-6-15(23)20(16)25/h5-7,10,13-14H,4,8-9,11-12H2,1-3H3,(H,26,32)(H,27,33). The van der Waals surface area contributed by atoms with E-state index in [4.69, 9.17) is 34.8 Å². The summed E-state index contributed by atoms with van der Waals surface area (Å²) in [4.78, 5) is 37.5. The summed E-state index contributed by atoms with van der Waals surface area (Å²) in [5.74, 6) is 0.799. The maximum Gasteiger partial charge on any atom is 0.322 e. The number of benzene rings is 1. The Bertz CT molecular complexity index is 1040. The van der Waals surface area contributed by atoms with E-state index in [1.54, 1.807) is 29.2 Å². The fourth-order valence-corrected chi connectivity index (χ4v) is 4.66. The van der Waals surface area contributed by atoms with Crippen LogP contribution < -0.4 is 15.5 Å². The van der Waals surface area contributed by atoms with E-state index in [0.717, 1.165) is 6.42 Å². The van der Waals surface area contributed by atoms with Crippen LogP contribution in [0.5, 0.6) is 0 Å². The Hall–Kier alpha value is -1.94. The van der Waals surface area contributed by atoms with Gasteiger partial charge in [0.15, 0.2) is 5.16 Å². The molecule has 1 aromatic carbocycles. The smallest absolute Gasteiger partial charge is 0.322 e. The number of thioether (sulfide) groups is 1. The van der Waals surface area contributed by atoms with Crippen molar-refractivity contribution in [2.45, 2.75) is 44.4 Å². The van der Waals surface area contributed by atoms with Crippen LogP contribution in [0, 0.1) is 0 Å². The van der Waals surface area contributed by atoms with Gasteiger partial charge >= 0.3 is 6.03 Å². The van der Waals surface area contributed by atoms with E-state index in [2.05, 4.69) is 25.5 Å². The Morgan fingerprint density at radius 2 is 2.00 bits per heavy atom. The Morgan fingerprint density at radius 3 is 2.71 bits per heavy atom. The van der Waals surface area contributed by atoms with E-state index in [0.29, 0.717) is 51.5 Å². The molecule has 1 aromatic heterocycles. The zero-order valence-electron chi connectivity index (χ0n) is 19.1. The van der Waals surface area contributed by atoms with Gasteiger partial charge in [-0.3, -0.25) is 4.79 Å². The molecule has 2 N–H and O–H groups in total. The van der Waals surface area contributed by atoms with E-state index in [9.17, 15) is 9.59 Å². The second-order valence-corrected chi connectivity index (χ2v) is 10.1. The first-order valence-electron chi connectivity index (χ1n) is 10.9. The van der Waals surface area contributed by atoms with Gasteiger partial charge in [-0.2, -0.15) is 0 Å². The van der Waals surface area contributed by atoms with Crippen molar-refractivity contribution in [2.24, 2.45) is 0 Å². The average molecular weight is 546 g/mol. The zero-order valence-corrected chi connectivity index (χ0v) is 22.2. The minimum atomic E-state index is -0.249. The summed E-state index contributed by atoms with van der Waals surface area (Å²) in [5.41, 5.74) is 0.468. The minimum Gasteiger partial charge on any atom is -0.353 e. The average Bonchev–Trinajstić information content (AvgIpc) is 2.80. The van der Waals surface area contributed by atoms with Crippen molar-refractivity contribution >= 4 is 70.0 Å². The van der Waals surface area contributed by atoms with E-state index in [1.807, 2.05) is 20.8 Å². The second kappa shape index (κ2) is 12.2. The number of hydrogen-bond donors (Lipinski definition) is 2. The molecule has 8 nitrogen and oxygen atoms in total. The predicted molar refractivity (Wildman–Crippen MR) is 140 cm³/mol. The lowest BCUT2D eigenvalue weighted by molar-refractivity contribution is -0.119. The van der Waals surface area contributed by atoms with Crippen LogP contribution in [0.25, 0.3) is 0 Å². The van der Waals surface area contributed by atoms with Crippen molar-refractivity contribution in [1.29, 1.82) is 0 Å². The normalized spacial score (nSPS) is 16.8. The first-order chi connectivity index (χ1) is 16.2. The summed E-state index contributed by atoms with van der Waals surface area (Å²) in [6.45, 7) is 7.54. The van der Waals surface area contributed by atoms with E-state index in [1.165, 1.54) is 11.8 Å². The molecule has 34 heavy (non-hydrogen) atoms. The summed E-state index contributed by atoms with van der Waals surface area (Å²) in [5, 5.41) is 7.18. The molecule has 2 heterocycles. The van der Waals surface area contributed by atoms with Gasteiger partial charge in [-0.15, -0.1) is 0 Å². The van der Waals surface area contributed by atoms with Crippen LogP contribution in [0.1, 0.15) is 27.2 Å². The summed E-state index contributed by atoms with van der Waals surface area (Å²) >= 11 is 19.7. The van der Waals surface area contributed by atoms with Crippen LogP contribution in [0.4, 0.5) is 16.3 Å². The Balaban J connectivity index is 1.61. The number of nitrogens with zero attached hydrogens (tertiary/aromatic N) is 4.